The van der Waals surface area contributed by atoms with Gasteiger partial charge in [-0.1, -0.05) is 13.8 Å². The molecule has 21 heavy (non-hydrogen) atoms. The molecule has 3 heterocycles. The normalized spacial score (nSPS) is 15.8. The number of hydrogen-bond acceptors (Lipinski definition) is 3. The second-order valence-corrected chi connectivity index (χ2v) is 6.22. The number of carbonyl (C=O) groups excluding carboxylic acids is 1. The van der Waals surface area contributed by atoms with Gasteiger partial charge in [0, 0.05) is 25.5 Å². The van der Waals surface area contributed by atoms with Gasteiger partial charge in [0.25, 0.3) is 0 Å². The van der Waals surface area contributed by atoms with Crippen LogP contribution in [0.25, 0.3) is 11.3 Å². The van der Waals surface area contributed by atoms with Crippen LogP contribution < -0.4 is 5.32 Å². The molecule has 0 aromatic carbocycles. The Morgan fingerprint density at radius 1 is 1.38 bits per heavy atom. The van der Waals surface area contributed by atoms with Crippen molar-refractivity contribution in [1.82, 2.24) is 14.5 Å². The smallest absolute Gasteiger partial charge is 0.222 e. The van der Waals surface area contributed by atoms with Crippen LogP contribution in [0.3, 0.4) is 0 Å². The third-order valence-corrected chi connectivity index (χ3v) is 3.60. The molecule has 0 saturated carbocycles. The molecule has 1 amide bonds. The first-order chi connectivity index (χ1) is 9.85. The monoisotopic (exact) mass is 288 g/mol. The van der Waals surface area contributed by atoms with Crippen LogP contribution in [0.1, 0.15) is 26.6 Å². The summed E-state index contributed by atoms with van der Waals surface area (Å²) in [7, 11) is 0. The quantitative estimate of drug-likeness (QED) is 0.924. The SMILES string of the molecule is CC(=O)Nc1cc(-c2cnc3n2CC(C)(C)C3)c(F)cn1. The van der Waals surface area contributed by atoms with Crippen molar-refractivity contribution in [2.24, 2.45) is 5.41 Å². The zero-order valence-electron chi connectivity index (χ0n) is 12.3. The predicted octanol–water partition coefficient (Wildman–Crippen LogP) is 2.62. The fraction of sp³-hybridized carbons (Fsp3) is 0.400. The van der Waals surface area contributed by atoms with Gasteiger partial charge in [0.05, 0.1) is 18.1 Å². The molecule has 110 valence electrons. The third kappa shape index (κ3) is 2.53. The van der Waals surface area contributed by atoms with E-state index < -0.39 is 5.82 Å². The lowest BCUT2D eigenvalue weighted by Crippen LogP contribution is -2.13. The van der Waals surface area contributed by atoms with Gasteiger partial charge in [-0.25, -0.2) is 14.4 Å². The summed E-state index contributed by atoms with van der Waals surface area (Å²) in [6.07, 6.45) is 3.68. The van der Waals surface area contributed by atoms with E-state index in [0.717, 1.165) is 30.7 Å². The Bertz CT molecular complexity index is 720. The highest BCUT2D eigenvalue weighted by atomic mass is 19.1. The second kappa shape index (κ2) is 4.65. The Hall–Kier alpha value is -2.24. The number of pyridine rings is 1. The third-order valence-electron chi connectivity index (χ3n) is 3.60. The van der Waals surface area contributed by atoms with E-state index in [1.807, 2.05) is 4.57 Å². The first-order valence-electron chi connectivity index (χ1n) is 6.84. The van der Waals surface area contributed by atoms with Crippen LogP contribution in [0.2, 0.25) is 0 Å². The number of nitrogens with one attached hydrogen (secondary N) is 1. The topological polar surface area (TPSA) is 59.8 Å². The van der Waals surface area contributed by atoms with Crippen molar-refractivity contribution in [2.45, 2.75) is 33.7 Å². The van der Waals surface area contributed by atoms with Gasteiger partial charge in [0.15, 0.2) is 5.82 Å². The highest BCUT2D eigenvalue weighted by molar-refractivity contribution is 5.88. The molecule has 1 aliphatic heterocycles. The maximum absolute atomic E-state index is 14.1. The van der Waals surface area contributed by atoms with E-state index >= 15 is 0 Å². The average molecular weight is 288 g/mol. The van der Waals surface area contributed by atoms with E-state index in [-0.39, 0.29) is 11.3 Å². The number of aromatic nitrogens is 3. The summed E-state index contributed by atoms with van der Waals surface area (Å²) in [4.78, 5) is 19.4. The molecule has 5 nitrogen and oxygen atoms in total. The minimum Gasteiger partial charge on any atom is -0.327 e. The Balaban J connectivity index is 2.04. The number of nitrogens with zero attached hydrogens (tertiary/aromatic N) is 3. The average Bonchev–Trinajstić information content (AvgIpc) is 2.86. The number of anilines is 1. The van der Waals surface area contributed by atoms with Crippen molar-refractivity contribution in [3.8, 4) is 11.3 Å². The highest BCUT2D eigenvalue weighted by Gasteiger charge is 2.31. The Labute approximate surface area is 122 Å². The number of fused-ring (bicyclic) bond motifs is 1. The van der Waals surface area contributed by atoms with Crippen LogP contribution in [0.4, 0.5) is 10.2 Å². The molecule has 2 aromatic heterocycles. The van der Waals surface area contributed by atoms with E-state index in [9.17, 15) is 9.18 Å². The molecule has 0 atom stereocenters. The van der Waals surface area contributed by atoms with Gasteiger partial charge in [-0.15, -0.1) is 0 Å². The standard InChI is InChI=1S/C15H17FN4O/c1-9(21)19-13-4-10(11(16)6-17-13)12-7-18-14-5-15(2,3)8-20(12)14/h4,6-7H,5,8H2,1-3H3,(H,17,19,21). The molecule has 3 rings (SSSR count). The van der Waals surface area contributed by atoms with Crippen molar-refractivity contribution in [1.29, 1.82) is 0 Å². The molecule has 0 bridgehead atoms. The summed E-state index contributed by atoms with van der Waals surface area (Å²) in [5.74, 6) is 0.648. The number of imidazole rings is 1. The van der Waals surface area contributed by atoms with E-state index in [2.05, 4.69) is 29.1 Å². The summed E-state index contributed by atoms with van der Waals surface area (Å²) >= 11 is 0. The molecular formula is C15H17FN4O. The lowest BCUT2D eigenvalue weighted by molar-refractivity contribution is -0.114. The van der Waals surface area contributed by atoms with Crippen molar-refractivity contribution in [3.05, 3.63) is 30.1 Å². The largest absolute Gasteiger partial charge is 0.327 e. The van der Waals surface area contributed by atoms with E-state index in [0.29, 0.717) is 11.4 Å². The molecule has 6 heteroatoms. The zero-order chi connectivity index (χ0) is 15.2. The van der Waals surface area contributed by atoms with Gasteiger partial charge in [0.2, 0.25) is 5.91 Å². The Morgan fingerprint density at radius 3 is 2.86 bits per heavy atom. The van der Waals surface area contributed by atoms with Crippen molar-refractivity contribution >= 4 is 11.7 Å². The molecule has 0 unspecified atom stereocenters. The predicted molar refractivity (Wildman–Crippen MR) is 77.2 cm³/mol. The van der Waals surface area contributed by atoms with E-state index in [1.165, 1.54) is 6.92 Å². The number of rotatable bonds is 2. The number of carbonyl (C=O) groups is 1. The molecule has 0 aliphatic carbocycles. The molecule has 2 aromatic rings. The van der Waals surface area contributed by atoms with Crippen LogP contribution in [0, 0.1) is 11.2 Å². The van der Waals surface area contributed by atoms with Gasteiger partial charge < -0.3 is 9.88 Å². The Kier molecular flexibility index (Phi) is 3.04. The fourth-order valence-electron chi connectivity index (χ4n) is 2.74. The van der Waals surface area contributed by atoms with Gasteiger partial charge in [-0.05, 0) is 11.5 Å². The summed E-state index contributed by atoms with van der Waals surface area (Å²) in [5.41, 5.74) is 1.26. The fourth-order valence-corrected chi connectivity index (χ4v) is 2.74. The molecule has 1 N–H and O–H groups in total. The van der Waals surface area contributed by atoms with Crippen LogP contribution in [0.5, 0.6) is 0 Å². The maximum Gasteiger partial charge on any atom is 0.222 e. The molecule has 1 aliphatic rings. The van der Waals surface area contributed by atoms with Gasteiger partial charge in [0.1, 0.15) is 11.6 Å². The summed E-state index contributed by atoms with van der Waals surface area (Å²) in [6, 6.07) is 1.55. The lowest BCUT2D eigenvalue weighted by Gasteiger charge is -2.16. The summed E-state index contributed by atoms with van der Waals surface area (Å²) < 4.78 is 16.2. The zero-order valence-corrected chi connectivity index (χ0v) is 12.3. The summed E-state index contributed by atoms with van der Waals surface area (Å²) in [5, 5.41) is 2.57. The molecule has 0 fully saturated rings. The van der Waals surface area contributed by atoms with E-state index in [1.54, 1.807) is 12.3 Å². The van der Waals surface area contributed by atoms with Crippen molar-refractivity contribution in [2.75, 3.05) is 5.32 Å². The number of halogens is 1. The molecule has 0 radical (unpaired) electrons. The number of hydrogen-bond donors (Lipinski definition) is 1. The maximum atomic E-state index is 14.1. The van der Waals surface area contributed by atoms with Crippen molar-refractivity contribution < 1.29 is 9.18 Å². The number of amides is 1. The van der Waals surface area contributed by atoms with Gasteiger partial charge >= 0.3 is 0 Å². The van der Waals surface area contributed by atoms with Gasteiger partial charge in [-0.3, -0.25) is 4.79 Å². The van der Waals surface area contributed by atoms with Crippen molar-refractivity contribution in [3.63, 3.8) is 0 Å². The first-order valence-corrected chi connectivity index (χ1v) is 6.84. The van der Waals surface area contributed by atoms with Crippen LogP contribution in [-0.4, -0.2) is 20.4 Å². The van der Waals surface area contributed by atoms with E-state index in [4.69, 9.17) is 0 Å². The molecule has 0 saturated heterocycles. The minimum absolute atomic E-state index is 0.127. The van der Waals surface area contributed by atoms with Gasteiger partial charge in [-0.2, -0.15) is 0 Å². The first kappa shape index (κ1) is 13.7. The minimum atomic E-state index is -0.420. The lowest BCUT2D eigenvalue weighted by atomic mass is 9.92. The molecular weight excluding hydrogens is 271 g/mol. The second-order valence-electron chi connectivity index (χ2n) is 6.22. The highest BCUT2D eigenvalue weighted by Crippen LogP contribution is 2.36. The summed E-state index contributed by atoms with van der Waals surface area (Å²) in [6.45, 7) is 6.52. The van der Waals surface area contributed by atoms with Crippen LogP contribution >= 0.6 is 0 Å². The van der Waals surface area contributed by atoms with Crippen LogP contribution in [0.15, 0.2) is 18.5 Å². The van der Waals surface area contributed by atoms with Crippen LogP contribution in [-0.2, 0) is 17.8 Å². The Morgan fingerprint density at radius 2 is 2.14 bits per heavy atom. The molecule has 0 spiro atoms.